The number of carbonyl (C=O) groups excluding carboxylic acids is 1. The van der Waals surface area contributed by atoms with Crippen molar-refractivity contribution in [3.8, 4) is 0 Å². The first-order valence-corrected chi connectivity index (χ1v) is 7.78. The van der Waals surface area contributed by atoms with Gasteiger partial charge in [-0.2, -0.15) is 0 Å². The van der Waals surface area contributed by atoms with Gasteiger partial charge in [0.2, 0.25) is 0 Å². The number of rotatable bonds is 9. The predicted molar refractivity (Wildman–Crippen MR) is 89.5 cm³/mol. The number of methoxy groups -OCH3 is 1. The normalized spacial score (nSPS) is 10.4. The van der Waals surface area contributed by atoms with Gasteiger partial charge in [0.1, 0.15) is 11.6 Å². The molecule has 0 aliphatic heterocycles. The second-order valence-electron chi connectivity index (χ2n) is 5.21. The fourth-order valence-electron chi connectivity index (χ4n) is 2.04. The molecule has 0 spiro atoms. The van der Waals surface area contributed by atoms with Crippen molar-refractivity contribution < 1.29 is 13.9 Å². The zero-order chi connectivity index (χ0) is 17.2. The Bertz CT molecular complexity index is 632. The molecule has 1 aromatic heterocycles. The average Bonchev–Trinajstić information content (AvgIpc) is 2.61. The topological polar surface area (TPSA) is 76.1 Å². The number of benzene rings is 1. The molecule has 0 unspecified atom stereocenters. The highest BCUT2D eigenvalue weighted by atomic mass is 19.1. The van der Waals surface area contributed by atoms with Gasteiger partial charge in [-0.25, -0.2) is 4.39 Å². The molecule has 0 saturated heterocycles. The van der Waals surface area contributed by atoms with Crippen molar-refractivity contribution in [2.24, 2.45) is 0 Å². The van der Waals surface area contributed by atoms with Crippen LogP contribution in [-0.2, 0) is 11.2 Å². The van der Waals surface area contributed by atoms with Crippen LogP contribution in [0.5, 0.6) is 0 Å². The number of anilines is 1. The maximum absolute atomic E-state index is 12.8. The number of ether oxygens (including phenoxy) is 1. The summed E-state index contributed by atoms with van der Waals surface area (Å²) in [7, 11) is 1.66. The van der Waals surface area contributed by atoms with E-state index in [1.54, 1.807) is 31.4 Å². The van der Waals surface area contributed by atoms with Gasteiger partial charge in [0.15, 0.2) is 5.69 Å². The van der Waals surface area contributed by atoms with E-state index >= 15 is 0 Å². The molecule has 1 heterocycles. The fourth-order valence-corrected chi connectivity index (χ4v) is 2.04. The van der Waals surface area contributed by atoms with E-state index in [0.29, 0.717) is 25.4 Å². The minimum absolute atomic E-state index is 0.261. The number of hydrogen-bond donors (Lipinski definition) is 2. The summed E-state index contributed by atoms with van der Waals surface area (Å²) >= 11 is 0. The van der Waals surface area contributed by atoms with Crippen LogP contribution >= 0.6 is 0 Å². The van der Waals surface area contributed by atoms with Gasteiger partial charge < -0.3 is 15.4 Å². The molecular formula is C17H21FN4O2. The van der Waals surface area contributed by atoms with E-state index in [1.807, 2.05) is 0 Å². The van der Waals surface area contributed by atoms with E-state index in [2.05, 4.69) is 20.8 Å². The molecule has 128 valence electrons. The van der Waals surface area contributed by atoms with E-state index in [1.165, 1.54) is 12.1 Å². The standard InChI is InChI=1S/C17H21FN4O2/c1-24-12-2-10-19-16-8-7-15(21-22-16)17(23)20-11-9-13-3-5-14(18)6-4-13/h3-8H,2,9-12H2,1H3,(H,19,22)(H,20,23). The first kappa shape index (κ1) is 17.8. The van der Waals surface area contributed by atoms with Crippen LogP contribution in [-0.4, -0.2) is 42.9 Å². The van der Waals surface area contributed by atoms with Crippen LogP contribution in [0, 0.1) is 5.82 Å². The summed E-state index contributed by atoms with van der Waals surface area (Å²) in [5, 5.41) is 13.7. The molecule has 6 nitrogen and oxygen atoms in total. The summed E-state index contributed by atoms with van der Waals surface area (Å²) < 4.78 is 17.8. The summed E-state index contributed by atoms with van der Waals surface area (Å²) in [6.07, 6.45) is 1.49. The summed E-state index contributed by atoms with van der Waals surface area (Å²) in [6, 6.07) is 9.55. The van der Waals surface area contributed by atoms with Gasteiger partial charge in [-0.05, 0) is 42.7 Å². The minimum atomic E-state index is -0.282. The molecule has 1 aromatic carbocycles. The van der Waals surface area contributed by atoms with E-state index in [0.717, 1.165) is 18.5 Å². The van der Waals surface area contributed by atoms with Crippen molar-refractivity contribution in [3.05, 3.63) is 53.5 Å². The maximum Gasteiger partial charge on any atom is 0.271 e. The Hall–Kier alpha value is -2.54. The first-order valence-electron chi connectivity index (χ1n) is 7.78. The molecule has 0 saturated carbocycles. The Morgan fingerprint density at radius 3 is 2.58 bits per heavy atom. The number of hydrogen-bond acceptors (Lipinski definition) is 5. The van der Waals surface area contributed by atoms with Crippen LogP contribution in [0.2, 0.25) is 0 Å². The van der Waals surface area contributed by atoms with Crippen molar-refractivity contribution in [3.63, 3.8) is 0 Å². The molecule has 0 fully saturated rings. The van der Waals surface area contributed by atoms with Crippen molar-refractivity contribution in [2.45, 2.75) is 12.8 Å². The van der Waals surface area contributed by atoms with Crippen molar-refractivity contribution in [1.29, 1.82) is 0 Å². The average molecular weight is 332 g/mol. The highest BCUT2D eigenvalue weighted by Crippen LogP contribution is 2.04. The predicted octanol–water partition coefficient (Wildman–Crippen LogP) is 2.04. The molecule has 0 aliphatic carbocycles. The number of nitrogens with one attached hydrogen (secondary N) is 2. The van der Waals surface area contributed by atoms with Gasteiger partial charge >= 0.3 is 0 Å². The van der Waals surface area contributed by atoms with Crippen molar-refractivity contribution in [1.82, 2.24) is 15.5 Å². The van der Waals surface area contributed by atoms with E-state index < -0.39 is 0 Å². The Balaban J connectivity index is 1.74. The SMILES string of the molecule is COCCCNc1ccc(C(=O)NCCc2ccc(F)cc2)nn1. The molecule has 1 amide bonds. The lowest BCUT2D eigenvalue weighted by Gasteiger charge is -2.06. The van der Waals surface area contributed by atoms with Gasteiger partial charge in [-0.3, -0.25) is 4.79 Å². The smallest absolute Gasteiger partial charge is 0.271 e. The van der Waals surface area contributed by atoms with Gasteiger partial charge in [-0.1, -0.05) is 12.1 Å². The number of amides is 1. The Morgan fingerprint density at radius 2 is 1.92 bits per heavy atom. The summed E-state index contributed by atoms with van der Waals surface area (Å²) in [6.45, 7) is 1.85. The van der Waals surface area contributed by atoms with Crippen LogP contribution in [0.1, 0.15) is 22.5 Å². The maximum atomic E-state index is 12.8. The van der Waals surface area contributed by atoms with Crippen molar-refractivity contribution >= 4 is 11.7 Å². The van der Waals surface area contributed by atoms with Gasteiger partial charge in [-0.15, -0.1) is 10.2 Å². The van der Waals surface area contributed by atoms with Crippen LogP contribution in [0.25, 0.3) is 0 Å². The monoisotopic (exact) mass is 332 g/mol. The lowest BCUT2D eigenvalue weighted by Crippen LogP contribution is -2.26. The van der Waals surface area contributed by atoms with Gasteiger partial charge in [0.05, 0.1) is 0 Å². The molecule has 0 bridgehead atoms. The Morgan fingerprint density at radius 1 is 1.12 bits per heavy atom. The number of nitrogens with zero attached hydrogens (tertiary/aromatic N) is 2. The van der Waals surface area contributed by atoms with Gasteiger partial charge in [0, 0.05) is 26.8 Å². The molecule has 2 rings (SSSR count). The number of carbonyl (C=O) groups is 1. The molecule has 24 heavy (non-hydrogen) atoms. The Kier molecular flexibility index (Phi) is 7.10. The molecule has 7 heteroatoms. The number of halogens is 1. The third kappa shape index (κ3) is 5.92. The zero-order valence-electron chi connectivity index (χ0n) is 13.6. The third-order valence-electron chi connectivity index (χ3n) is 3.34. The summed E-state index contributed by atoms with van der Waals surface area (Å²) in [5.41, 5.74) is 1.22. The molecule has 2 aromatic rings. The van der Waals surface area contributed by atoms with E-state index in [-0.39, 0.29) is 17.4 Å². The van der Waals surface area contributed by atoms with Crippen LogP contribution in [0.15, 0.2) is 36.4 Å². The highest BCUT2D eigenvalue weighted by Gasteiger charge is 2.07. The third-order valence-corrected chi connectivity index (χ3v) is 3.34. The first-order chi connectivity index (χ1) is 11.7. The van der Waals surface area contributed by atoms with Crippen molar-refractivity contribution in [2.75, 3.05) is 32.1 Å². The van der Waals surface area contributed by atoms with E-state index in [9.17, 15) is 9.18 Å². The van der Waals surface area contributed by atoms with Crippen LogP contribution < -0.4 is 10.6 Å². The van der Waals surface area contributed by atoms with E-state index in [4.69, 9.17) is 4.74 Å². The molecule has 0 atom stereocenters. The van der Waals surface area contributed by atoms with Gasteiger partial charge in [0.25, 0.3) is 5.91 Å². The second kappa shape index (κ2) is 9.57. The lowest BCUT2D eigenvalue weighted by molar-refractivity contribution is 0.0948. The molecule has 0 aliphatic rings. The lowest BCUT2D eigenvalue weighted by atomic mass is 10.1. The van der Waals surface area contributed by atoms with Crippen LogP contribution in [0.4, 0.5) is 10.2 Å². The molecule has 0 radical (unpaired) electrons. The van der Waals surface area contributed by atoms with Crippen LogP contribution in [0.3, 0.4) is 0 Å². The Labute approximate surface area is 140 Å². The number of aromatic nitrogens is 2. The molecule has 2 N–H and O–H groups in total. The fraction of sp³-hybridized carbons (Fsp3) is 0.353. The quantitative estimate of drug-likeness (QED) is 0.687. The summed E-state index contributed by atoms with van der Waals surface area (Å²) in [5.74, 6) is 0.0680. The minimum Gasteiger partial charge on any atom is -0.385 e. The highest BCUT2D eigenvalue weighted by molar-refractivity contribution is 5.92. The summed E-state index contributed by atoms with van der Waals surface area (Å²) in [4.78, 5) is 12.0. The zero-order valence-corrected chi connectivity index (χ0v) is 13.6. The second-order valence-corrected chi connectivity index (χ2v) is 5.21. The molecular weight excluding hydrogens is 311 g/mol. The largest absolute Gasteiger partial charge is 0.385 e.